The summed E-state index contributed by atoms with van der Waals surface area (Å²) in [7, 11) is 0. The lowest BCUT2D eigenvalue weighted by Gasteiger charge is -1.94. The molecule has 0 aliphatic heterocycles. The number of benzene rings is 1. The Morgan fingerprint density at radius 1 is 1.00 bits per heavy atom. The van der Waals surface area contributed by atoms with Crippen molar-refractivity contribution in [3.8, 4) is 0 Å². The van der Waals surface area contributed by atoms with Crippen molar-refractivity contribution in [3.63, 3.8) is 0 Å². The van der Waals surface area contributed by atoms with Crippen molar-refractivity contribution in [3.05, 3.63) is 50.9 Å². The lowest BCUT2D eigenvalue weighted by molar-refractivity contribution is -0.394. The van der Waals surface area contributed by atoms with E-state index in [0.29, 0.717) is 0 Å². The number of hydrogen-bond acceptors (Lipinski definition) is 4. The molecule has 0 fully saturated rings. The van der Waals surface area contributed by atoms with Gasteiger partial charge in [0.1, 0.15) is 0 Å². The molecule has 0 saturated carbocycles. The topological polar surface area (TPSA) is 86.3 Å². The molecule has 6 heteroatoms. The predicted octanol–water partition coefficient (Wildman–Crippen LogP) is 1.69. The SMILES string of the molecule is [CH2]c1cc([N+](=O)[O-])cc([N+](=O)[O-])c1. The van der Waals surface area contributed by atoms with Gasteiger partial charge in [-0.05, 0) is 12.5 Å². The van der Waals surface area contributed by atoms with Crippen LogP contribution in [-0.4, -0.2) is 9.85 Å². The quantitative estimate of drug-likeness (QED) is 0.513. The van der Waals surface area contributed by atoms with Crippen LogP contribution in [0, 0.1) is 27.2 Å². The molecule has 0 saturated heterocycles. The van der Waals surface area contributed by atoms with Crippen LogP contribution in [0.25, 0.3) is 0 Å². The fourth-order valence-corrected chi connectivity index (χ4v) is 0.867. The number of nitrogens with zero attached hydrogens (tertiary/aromatic N) is 2. The zero-order chi connectivity index (χ0) is 10.0. The van der Waals surface area contributed by atoms with Crippen LogP contribution in [0.1, 0.15) is 5.56 Å². The van der Waals surface area contributed by atoms with E-state index in [-0.39, 0.29) is 16.9 Å². The molecule has 0 aromatic heterocycles. The second-order valence-corrected chi connectivity index (χ2v) is 2.37. The Bertz CT molecular complexity index is 343. The Morgan fingerprint density at radius 3 is 1.69 bits per heavy atom. The summed E-state index contributed by atoms with van der Waals surface area (Å²) in [5.74, 6) is 0. The highest BCUT2D eigenvalue weighted by Gasteiger charge is 2.14. The van der Waals surface area contributed by atoms with Gasteiger partial charge in [0, 0.05) is 12.1 Å². The first-order valence-electron chi connectivity index (χ1n) is 3.26. The van der Waals surface area contributed by atoms with Gasteiger partial charge in [-0.2, -0.15) is 0 Å². The summed E-state index contributed by atoms with van der Waals surface area (Å²) in [6, 6.07) is 3.24. The average Bonchev–Trinajstić information content (AvgIpc) is 2.03. The standard InChI is InChI=1S/C7H5N2O4/c1-5-2-6(8(10)11)4-7(3-5)9(12)13/h2-4H,1H2. The van der Waals surface area contributed by atoms with Gasteiger partial charge >= 0.3 is 0 Å². The van der Waals surface area contributed by atoms with Crippen LogP contribution in [0.5, 0.6) is 0 Å². The monoisotopic (exact) mass is 181 g/mol. The van der Waals surface area contributed by atoms with Crippen LogP contribution in [0.4, 0.5) is 11.4 Å². The van der Waals surface area contributed by atoms with Crippen molar-refractivity contribution in [2.45, 2.75) is 0 Å². The molecule has 13 heavy (non-hydrogen) atoms. The molecule has 0 atom stereocenters. The zero-order valence-electron chi connectivity index (χ0n) is 6.47. The second kappa shape index (κ2) is 3.18. The van der Waals surface area contributed by atoms with E-state index in [4.69, 9.17) is 0 Å². The van der Waals surface area contributed by atoms with Gasteiger partial charge in [-0.1, -0.05) is 0 Å². The van der Waals surface area contributed by atoms with Gasteiger partial charge in [-0.15, -0.1) is 0 Å². The van der Waals surface area contributed by atoms with Crippen LogP contribution in [0.3, 0.4) is 0 Å². The van der Waals surface area contributed by atoms with Crippen molar-refractivity contribution in [2.75, 3.05) is 0 Å². The number of nitro benzene ring substituents is 2. The lowest BCUT2D eigenvalue weighted by Crippen LogP contribution is -1.93. The van der Waals surface area contributed by atoms with E-state index in [9.17, 15) is 20.2 Å². The molecule has 1 radical (unpaired) electrons. The highest BCUT2D eigenvalue weighted by Crippen LogP contribution is 2.21. The van der Waals surface area contributed by atoms with Crippen molar-refractivity contribution >= 4 is 11.4 Å². The highest BCUT2D eigenvalue weighted by molar-refractivity contribution is 5.47. The van der Waals surface area contributed by atoms with E-state index in [0.717, 1.165) is 6.07 Å². The van der Waals surface area contributed by atoms with Crippen LogP contribution >= 0.6 is 0 Å². The van der Waals surface area contributed by atoms with Gasteiger partial charge < -0.3 is 0 Å². The Labute approximate surface area is 73.1 Å². The molecule has 0 aliphatic rings. The van der Waals surface area contributed by atoms with Gasteiger partial charge in [-0.3, -0.25) is 20.2 Å². The first-order chi connectivity index (χ1) is 6.00. The zero-order valence-corrected chi connectivity index (χ0v) is 6.47. The van der Waals surface area contributed by atoms with E-state index in [1.54, 1.807) is 0 Å². The summed E-state index contributed by atoms with van der Waals surface area (Å²) in [6.45, 7) is 3.40. The van der Waals surface area contributed by atoms with Crippen molar-refractivity contribution < 1.29 is 9.85 Å². The Morgan fingerprint density at radius 2 is 1.38 bits per heavy atom. The first-order valence-corrected chi connectivity index (χ1v) is 3.26. The van der Waals surface area contributed by atoms with Crippen molar-refractivity contribution in [1.82, 2.24) is 0 Å². The van der Waals surface area contributed by atoms with Crippen LogP contribution < -0.4 is 0 Å². The van der Waals surface area contributed by atoms with Gasteiger partial charge in [0.25, 0.3) is 11.4 Å². The third-order valence-electron chi connectivity index (χ3n) is 1.38. The minimum atomic E-state index is -0.693. The lowest BCUT2D eigenvalue weighted by atomic mass is 10.2. The number of hydrogen-bond donors (Lipinski definition) is 0. The maximum absolute atomic E-state index is 10.3. The van der Waals surface area contributed by atoms with Crippen LogP contribution in [0.15, 0.2) is 18.2 Å². The van der Waals surface area contributed by atoms with E-state index in [1.165, 1.54) is 12.1 Å². The Hall–Kier alpha value is -1.98. The third-order valence-corrected chi connectivity index (χ3v) is 1.38. The Kier molecular flexibility index (Phi) is 2.23. The molecule has 6 nitrogen and oxygen atoms in total. The fraction of sp³-hybridized carbons (Fsp3) is 0. The smallest absolute Gasteiger partial charge is 0.258 e. The summed E-state index contributed by atoms with van der Waals surface area (Å²) < 4.78 is 0. The molecule has 0 amide bonds. The molecule has 0 bridgehead atoms. The molecule has 0 spiro atoms. The van der Waals surface area contributed by atoms with Gasteiger partial charge in [0.05, 0.1) is 15.9 Å². The first kappa shape index (κ1) is 9.11. The van der Waals surface area contributed by atoms with Gasteiger partial charge in [0.2, 0.25) is 0 Å². The van der Waals surface area contributed by atoms with E-state index >= 15 is 0 Å². The Balaban J connectivity index is 3.26. The summed E-state index contributed by atoms with van der Waals surface area (Å²) in [5, 5.41) is 20.6. The molecule has 0 N–H and O–H groups in total. The number of non-ortho nitro benzene ring substituents is 2. The van der Waals surface area contributed by atoms with Crippen LogP contribution in [-0.2, 0) is 0 Å². The van der Waals surface area contributed by atoms with E-state index in [2.05, 4.69) is 6.92 Å². The summed E-state index contributed by atoms with van der Waals surface area (Å²) in [5.41, 5.74) is -0.390. The minimum Gasteiger partial charge on any atom is -0.258 e. The molecule has 1 rings (SSSR count). The second-order valence-electron chi connectivity index (χ2n) is 2.37. The molecule has 0 aliphatic carbocycles. The summed E-state index contributed by atoms with van der Waals surface area (Å²) in [6.07, 6.45) is 0. The fourth-order valence-electron chi connectivity index (χ4n) is 0.867. The molecule has 0 heterocycles. The van der Waals surface area contributed by atoms with Gasteiger partial charge in [0.15, 0.2) is 0 Å². The van der Waals surface area contributed by atoms with E-state index < -0.39 is 9.85 Å². The number of nitro groups is 2. The normalized spacial score (nSPS) is 9.62. The average molecular weight is 181 g/mol. The molecule has 1 aromatic carbocycles. The molecule has 67 valence electrons. The number of rotatable bonds is 2. The summed E-state index contributed by atoms with van der Waals surface area (Å²) >= 11 is 0. The van der Waals surface area contributed by atoms with Crippen molar-refractivity contribution in [2.24, 2.45) is 0 Å². The predicted molar refractivity (Wildman–Crippen MR) is 44.2 cm³/mol. The van der Waals surface area contributed by atoms with Crippen molar-refractivity contribution in [1.29, 1.82) is 0 Å². The third kappa shape index (κ3) is 1.98. The largest absolute Gasteiger partial charge is 0.276 e. The molecular weight excluding hydrogens is 176 g/mol. The maximum atomic E-state index is 10.3. The molecule has 1 aromatic rings. The molecular formula is C7H5N2O4. The van der Waals surface area contributed by atoms with Crippen LogP contribution in [0.2, 0.25) is 0 Å². The highest BCUT2D eigenvalue weighted by atomic mass is 16.6. The van der Waals surface area contributed by atoms with Gasteiger partial charge in [-0.25, -0.2) is 0 Å². The minimum absolute atomic E-state index is 0.251. The maximum Gasteiger partial charge on any atom is 0.276 e. The van der Waals surface area contributed by atoms with E-state index in [1.807, 2.05) is 0 Å². The molecule has 0 unspecified atom stereocenters. The summed E-state index contributed by atoms with van der Waals surface area (Å²) in [4.78, 5) is 19.2.